The van der Waals surface area contributed by atoms with Crippen molar-refractivity contribution in [1.82, 2.24) is 4.31 Å². The molecule has 0 aromatic heterocycles. The molecule has 0 bridgehead atoms. The van der Waals surface area contributed by atoms with Gasteiger partial charge in [0, 0.05) is 18.8 Å². The van der Waals surface area contributed by atoms with Crippen LogP contribution >= 0.6 is 0 Å². The molecule has 3 aromatic rings. The van der Waals surface area contributed by atoms with Gasteiger partial charge in [0.2, 0.25) is 15.9 Å². The summed E-state index contributed by atoms with van der Waals surface area (Å²) in [6.07, 6.45) is 0. The molecule has 1 aliphatic heterocycles. The predicted molar refractivity (Wildman–Crippen MR) is 148 cm³/mol. The summed E-state index contributed by atoms with van der Waals surface area (Å²) in [6, 6.07) is 17.5. The first-order valence-electron chi connectivity index (χ1n) is 12.2. The molecule has 0 aliphatic carbocycles. The lowest BCUT2D eigenvalue weighted by Crippen LogP contribution is -2.40. The molecule has 0 atom stereocenters. The molecule has 1 N–H and O–H groups in total. The lowest BCUT2D eigenvalue weighted by Gasteiger charge is -2.27. The molecular formula is C27H31N3O7S2. The number of nitrogens with zero attached hydrogens (tertiary/aromatic N) is 2. The van der Waals surface area contributed by atoms with Crippen molar-refractivity contribution in [3.8, 4) is 5.75 Å². The van der Waals surface area contributed by atoms with E-state index in [1.54, 1.807) is 43.3 Å². The summed E-state index contributed by atoms with van der Waals surface area (Å²) in [4.78, 5) is 13.2. The lowest BCUT2D eigenvalue weighted by molar-refractivity contribution is -0.114. The van der Waals surface area contributed by atoms with Gasteiger partial charge in [-0.15, -0.1) is 0 Å². The van der Waals surface area contributed by atoms with Gasteiger partial charge < -0.3 is 14.8 Å². The van der Waals surface area contributed by atoms with Crippen LogP contribution in [0.5, 0.6) is 5.75 Å². The summed E-state index contributed by atoms with van der Waals surface area (Å²) >= 11 is 0. The molecule has 0 unspecified atom stereocenters. The number of hydrogen-bond acceptors (Lipinski definition) is 7. The fraction of sp³-hybridized carbons (Fsp3) is 0.296. The number of benzene rings is 3. The molecule has 1 amide bonds. The van der Waals surface area contributed by atoms with E-state index in [-0.39, 0.29) is 47.5 Å². The fourth-order valence-electron chi connectivity index (χ4n) is 4.19. The zero-order chi connectivity index (χ0) is 28.2. The highest BCUT2D eigenvalue weighted by atomic mass is 32.2. The highest BCUT2D eigenvalue weighted by molar-refractivity contribution is 7.92. The second-order valence-electron chi connectivity index (χ2n) is 9.04. The highest BCUT2D eigenvalue weighted by Gasteiger charge is 2.31. The summed E-state index contributed by atoms with van der Waals surface area (Å²) in [5, 5.41) is 2.65. The van der Waals surface area contributed by atoms with Crippen molar-refractivity contribution in [3.63, 3.8) is 0 Å². The minimum absolute atomic E-state index is 0.0486. The number of carbonyl (C=O) groups excluding carboxylic acids is 1. The third-order valence-corrected chi connectivity index (χ3v) is 10.0. The fourth-order valence-corrected chi connectivity index (χ4v) is 7.27. The van der Waals surface area contributed by atoms with Gasteiger partial charge in [0.25, 0.3) is 10.0 Å². The molecular weight excluding hydrogens is 542 g/mol. The van der Waals surface area contributed by atoms with E-state index in [0.29, 0.717) is 11.3 Å². The van der Waals surface area contributed by atoms with Crippen molar-refractivity contribution in [2.24, 2.45) is 0 Å². The zero-order valence-corrected chi connectivity index (χ0v) is 23.6. The van der Waals surface area contributed by atoms with Crippen molar-refractivity contribution in [2.45, 2.75) is 23.6 Å². The van der Waals surface area contributed by atoms with Gasteiger partial charge in [-0.2, -0.15) is 4.31 Å². The van der Waals surface area contributed by atoms with Gasteiger partial charge in [-0.1, -0.05) is 35.9 Å². The van der Waals surface area contributed by atoms with Crippen LogP contribution in [-0.4, -0.2) is 67.0 Å². The Bertz CT molecular complexity index is 1550. The highest BCUT2D eigenvalue weighted by Crippen LogP contribution is 2.31. The largest absolute Gasteiger partial charge is 0.495 e. The van der Waals surface area contributed by atoms with E-state index in [1.807, 2.05) is 6.92 Å². The second kappa shape index (κ2) is 11.7. The molecule has 39 heavy (non-hydrogen) atoms. The number of hydrogen-bond donors (Lipinski definition) is 1. The normalized spacial score (nSPS) is 14.5. The van der Waals surface area contributed by atoms with Crippen LogP contribution in [0.1, 0.15) is 11.1 Å². The van der Waals surface area contributed by atoms with Gasteiger partial charge in [0.15, 0.2) is 0 Å². The van der Waals surface area contributed by atoms with Crippen LogP contribution in [0.2, 0.25) is 0 Å². The molecule has 1 heterocycles. The summed E-state index contributed by atoms with van der Waals surface area (Å²) in [6.45, 7) is 4.04. The van der Waals surface area contributed by atoms with Crippen molar-refractivity contribution >= 4 is 37.3 Å². The molecule has 12 heteroatoms. The number of methoxy groups -OCH3 is 1. The molecule has 1 fully saturated rings. The van der Waals surface area contributed by atoms with E-state index < -0.39 is 32.5 Å². The van der Waals surface area contributed by atoms with E-state index in [2.05, 4.69) is 5.32 Å². The number of nitrogens with one attached hydrogen (secondary N) is 1. The summed E-state index contributed by atoms with van der Waals surface area (Å²) in [5.41, 5.74) is 2.12. The van der Waals surface area contributed by atoms with Crippen LogP contribution < -0.4 is 14.4 Å². The zero-order valence-electron chi connectivity index (χ0n) is 22.0. The van der Waals surface area contributed by atoms with Crippen molar-refractivity contribution in [3.05, 3.63) is 77.9 Å². The molecule has 3 aromatic carbocycles. The maximum atomic E-state index is 13.7. The van der Waals surface area contributed by atoms with Crippen LogP contribution in [-0.2, 0) is 29.6 Å². The Labute approximate surface area is 229 Å². The van der Waals surface area contributed by atoms with E-state index in [1.165, 1.54) is 41.7 Å². The number of anilines is 2. The first kappa shape index (κ1) is 28.6. The molecule has 1 saturated heterocycles. The van der Waals surface area contributed by atoms with Crippen LogP contribution in [0, 0.1) is 13.8 Å². The molecule has 0 saturated carbocycles. The Morgan fingerprint density at radius 2 is 1.64 bits per heavy atom. The third-order valence-electron chi connectivity index (χ3n) is 6.32. The van der Waals surface area contributed by atoms with Gasteiger partial charge in [-0.3, -0.25) is 9.10 Å². The Morgan fingerprint density at radius 1 is 0.974 bits per heavy atom. The van der Waals surface area contributed by atoms with Gasteiger partial charge in [0.05, 0.1) is 30.9 Å². The quantitative estimate of drug-likeness (QED) is 0.417. The first-order chi connectivity index (χ1) is 18.5. The summed E-state index contributed by atoms with van der Waals surface area (Å²) in [7, 11) is -6.66. The standard InChI is InChI=1S/C27H31N3O7S2/c1-20-8-11-23(12-9-20)38(32,33)30(24-7-5-4-6-21(24)2)19-27(31)28-22-10-13-25(36-3)26(18-22)39(34,35)29-14-16-37-17-15-29/h4-13,18H,14-17,19H2,1-3H3,(H,28,31). The van der Waals surface area contributed by atoms with Crippen molar-refractivity contribution in [2.75, 3.05) is 49.6 Å². The number of rotatable bonds is 9. The number of aryl methyl sites for hydroxylation is 2. The Kier molecular flexibility index (Phi) is 8.60. The number of morpholine rings is 1. The van der Waals surface area contributed by atoms with E-state index >= 15 is 0 Å². The monoisotopic (exact) mass is 573 g/mol. The average Bonchev–Trinajstić information content (AvgIpc) is 2.93. The van der Waals surface area contributed by atoms with Crippen molar-refractivity contribution in [1.29, 1.82) is 0 Å². The molecule has 10 nitrogen and oxygen atoms in total. The number of ether oxygens (including phenoxy) is 2. The van der Waals surface area contributed by atoms with Crippen molar-refractivity contribution < 1.29 is 31.1 Å². The molecule has 0 radical (unpaired) electrons. The van der Waals surface area contributed by atoms with Crippen LogP contribution in [0.25, 0.3) is 0 Å². The summed E-state index contributed by atoms with van der Waals surface area (Å²) < 4.78 is 66.8. The van der Waals surface area contributed by atoms with E-state index in [9.17, 15) is 21.6 Å². The molecule has 208 valence electrons. The maximum absolute atomic E-state index is 13.7. The molecule has 4 rings (SSSR count). The van der Waals surface area contributed by atoms with E-state index in [0.717, 1.165) is 9.87 Å². The number of carbonyl (C=O) groups is 1. The van der Waals surface area contributed by atoms with Crippen LogP contribution in [0.4, 0.5) is 11.4 Å². The Balaban J connectivity index is 1.65. The van der Waals surface area contributed by atoms with Gasteiger partial charge in [0.1, 0.15) is 17.2 Å². The van der Waals surface area contributed by atoms with Gasteiger partial charge in [-0.25, -0.2) is 16.8 Å². The number of amides is 1. The maximum Gasteiger partial charge on any atom is 0.264 e. The van der Waals surface area contributed by atoms with Gasteiger partial charge in [-0.05, 0) is 55.8 Å². The topological polar surface area (TPSA) is 122 Å². The predicted octanol–water partition coefficient (Wildman–Crippen LogP) is 3.17. The second-order valence-corrected chi connectivity index (χ2v) is 12.8. The lowest BCUT2D eigenvalue weighted by atomic mass is 10.2. The summed E-state index contributed by atoms with van der Waals surface area (Å²) in [5.74, 6) is -0.517. The number of para-hydroxylation sites is 1. The SMILES string of the molecule is COc1ccc(NC(=O)CN(c2ccccc2C)S(=O)(=O)c2ccc(C)cc2)cc1S(=O)(=O)N1CCOCC1. The average molecular weight is 574 g/mol. The van der Waals surface area contributed by atoms with Crippen LogP contribution in [0.3, 0.4) is 0 Å². The Morgan fingerprint density at radius 3 is 2.28 bits per heavy atom. The minimum Gasteiger partial charge on any atom is -0.495 e. The smallest absolute Gasteiger partial charge is 0.264 e. The minimum atomic E-state index is -4.10. The molecule has 0 spiro atoms. The third kappa shape index (κ3) is 6.25. The van der Waals surface area contributed by atoms with Gasteiger partial charge >= 0.3 is 0 Å². The van der Waals surface area contributed by atoms with Crippen LogP contribution in [0.15, 0.2) is 76.5 Å². The number of sulfonamides is 2. The molecule has 1 aliphatic rings. The Hall–Kier alpha value is -3.45. The van der Waals surface area contributed by atoms with E-state index in [4.69, 9.17) is 9.47 Å². The first-order valence-corrected chi connectivity index (χ1v) is 15.1.